The van der Waals surface area contributed by atoms with Crippen molar-refractivity contribution < 1.29 is 29.7 Å². The Bertz CT molecular complexity index is 282. The number of hydrogen-bond donors (Lipinski definition) is 4. The molecule has 0 aromatic carbocycles. The van der Waals surface area contributed by atoms with Crippen molar-refractivity contribution in [2.24, 2.45) is 0 Å². The minimum Gasteiger partial charge on any atom is -0.480 e. The van der Waals surface area contributed by atoms with Gasteiger partial charge in [-0.2, -0.15) is 0 Å². The van der Waals surface area contributed by atoms with Crippen molar-refractivity contribution in [3.05, 3.63) is 0 Å². The second-order valence-corrected chi connectivity index (χ2v) is 3.03. The Balaban J connectivity index is 2.95. The Labute approximate surface area is 84.1 Å². The monoisotopic (exact) mass is 218 g/mol. The summed E-state index contributed by atoms with van der Waals surface area (Å²) in [5, 5.41) is 28.6. The highest BCUT2D eigenvalue weighted by molar-refractivity contribution is 5.88. The molecule has 84 valence electrons. The standard InChI is InChI=1S/C7H10N2O6/c10-5(11)3-4(6(12)13)9(7(14)15)2-1-8-3/h3-4,8H,1-2H2,(H,10,11)(H,12,13)(H,14,15). The van der Waals surface area contributed by atoms with Crippen LogP contribution in [-0.4, -0.2) is 63.4 Å². The number of hydrogen-bond acceptors (Lipinski definition) is 4. The number of carbonyl (C=O) groups is 3. The molecule has 8 nitrogen and oxygen atoms in total. The van der Waals surface area contributed by atoms with E-state index in [1.54, 1.807) is 0 Å². The molecule has 0 aromatic heterocycles. The van der Waals surface area contributed by atoms with Crippen molar-refractivity contribution in [1.82, 2.24) is 10.2 Å². The van der Waals surface area contributed by atoms with E-state index in [4.69, 9.17) is 15.3 Å². The van der Waals surface area contributed by atoms with Crippen LogP contribution >= 0.6 is 0 Å². The van der Waals surface area contributed by atoms with Gasteiger partial charge in [0.15, 0.2) is 6.04 Å². The molecule has 1 saturated heterocycles. The molecule has 1 aliphatic rings. The smallest absolute Gasteiger partial charge is 0.408 e. The van der Waals surface area contributed by atoms with Gasteiger partial charge in [0.1, 0.15) is 6.04 Å². The summed E-state index contributed by atoms with van der Waals surface area (Å²) in [5.41, 5.74) is 0. The fourth-order valence-corrected chi connectivity index (χ4v) is 1.48. The van der Waals surface area contributed by atoms with Gasteiger partial charge in [-0.1, -0.05) is 0 Å². The van der Waals surface area contributed by atoms with Crippen LogP contribution < -0.4 is 5.32 Å². The quantitative estimate of drug-likeness (QED) is 0.443. The van der Waals surface area contributed by atoms with Gasteiger partial charge in [-0.3, -0.25) is 9.69 Å². The molecule has 4 N–H and O–H groups in total. The summed E-state index contributed by atoms with van der Waals surface area (Å²) in [6.07, 6.45) is -1.44. The van der Waals surface area contributed by atoms with Crippen molar-refractivity contribution in [1.29, 1.82) is 0 Å². The maximum absolute atomic E-state index is 10.8. The highest BCUT2D eigenvalue weighted by Gasteiger charge is 2.43. The molecule has 1 rings (SSSR count). The summed E-state index contributed by atoms with van der Waals surface area (Å²) >= 11 is 0. The molecule has 8 heteroatoms. The molecule has 0 aromatic rings. The topological polar surface area (TPSA) is 127 Å². The second kappa shape index (κ2) is 4.13. The summed E-state index contributed by atoms with van der Waals surface area (Å²) in [7, 11) is 0. The molecule has 1 aliphatic heterocycles. The van der Waals surface area contributed by atoms with Crippen LogP contribution in [0, 0.1) is 0 Å². The zero-order valence-corrected chi connectivity index (χ0v) is 7.58. The van der Waals surface area contributed by atoms with Crippen LogP contribution in [0.15, 0.2) is 0 Å². The Morgan fingerprint density at radius 3 is 2.13 bits per heavy atom. The summed E-state index contributed by atoms with van der Waals surface area (Å²) in [6.45, 7) is 0.0725. The van der Waals surface area contributed by atoms with Gasteiger partial charge < -0.3 is 20.6 Å². The van der Waals surface area contributed by atoms with E-state index in [0.717, 1.165) is 0 Å². The number of nitrogens with one attached hydrogen (secondary N) is 1. The van der Waals surface area contributed by atoms with Crippen molar-refractivity contribution >= 4 is 18.0 Å². The van der Waals surface area contributed by atoms with E-state index in [9.17, 15) is 14.4 Å². The number of piperazine rings is 1. The number of rotatable bonds is 2. The molecule has 1 amide bonds. The van der Waals surface area contributed by atoms with E-state index >= 15 is 0 Å². The van der Waals surface area contributed by atoms with Crippen LogP contribution in [0.4, 0.5) is 4.79 Å². The van der Waals surface area contributed by atoms with E-state index in [2.05, 4.69) is 5.32 Å². The highest BCUT2D eigenvalue weighted by Crippen LogP contribution is 2.10. The van der Waals surface area contributed by atoms with Crippen LogP contribution in [0.25, 0.3) is 0 Å². The lowest BCUT2D eigenvalue weighted by atomic mass is 10.0. The fraction of sp³-hybridized carbons (Fsp3) is 0.571. The average Bonchev–Trinajstić information content (AvgIpc) is 2.16. The van der Waals surface area contributed by atoms with Gasteiger partial charge in [0.25, 0.3) is 0 Å². The molecule has 2 unspecified atom stereocenters. The molecule has 1 heterocycles. The maximum Gasteiger partial charge on any atom is 0.408 e. The summed E-state index contributed by atoms with van der Waals surface area (Å²) in [5.74, 6) is -2.86. The van der Waals surface area contributed by atoms with E-state index < -0.39 is 30.1 Å². The Hall–Kier alpha value is -1.83. The van der Waals surface area contributed by atoms with Crippen LogP contribution in [0.2, 0.25) is 0 Å². The first-order valence-electron chi connectivity index (χ1n) is 4.13. The number of carboxylic acids is 2. The lowest BCUT2D eigenvalue weighted by Gasteiger charge is -2.35. The van der Waals surface area contributed by atoms with Gasteiger partial charge >= 0.3 is 18.0 Å². The molecular weight excluding hydrogens is 208 g/mol. The third-order valence-electron chi connectivity index (χ3n) is 2.13. The molecule has 15 heavy (non-hydrogen) atoms. The van der Waals surface area contributed by atoms with Crippen molar-refractivity contribution in [3.8, 4) is 0 Å². The first-order chi connectivity index (χ1) is 6.95. The lowest BCUT2D eigenvalue weighted by Crippen LogP contribution is -2.64. The normalized spacial score (nSPS) is 26.0. The summed E-state index contributed by atoms with van der Waals surface area (Å²) in [6, 6.07) is -3.00. The van der Waals surface area contributed by atoms with Gasteiger partial charge in [0, 0.05) is 13.1 Å². The van der Waals surface area contributed by atoms with E-state index in [1.165, 1.54) is 0 Å². The number of amides is 1. The zero-order valence-electron chi connectivity index (χ0n) is 7.58. The van der Waals surface area contributed by atoms with Gasteiger partial charge in [0.05, 0.1) is 0 Å². The van der Waals surface area contributed by atoms with Crippen molar-refractivity contribution in [3.63, 3.8) is 0 Å². The van der Waals surface area contributed by atoms with Crippen molar-refractivity contribution in [2.45, 2.75) is 12.1 Å². The van der Waals surface area contributed by atoms with E-state index in [-0.39, 0.29) is 13.1 Å². The van der Waals surface area contributed by atoms with E-state index in [1.807, 2.05) is 0 Å². The minimum atomic E-state index is -1.59. The number of carboxylic acid groups (broad SMARTS) is 3. The Kier molecular flexibility index (Phi) is 3.10. The van der Waals surface area contributed by atoms with Gasteiger partial charge in [0.2, 0.25) is 0 Å². The van der Waals surface area contributed by atoms with Crippen LogP contribution in [0.1, 0.15) is 0 Å². The molecule has 2 atom stereocenters. The molecule has 1 fully saturated rings. The maximum atomic E-state index is 10.8. The van der Waals surface area contributed by atoms with Crippen LogP contribution in [-0.2, 0) is 9.59 Å². The fourth-order valence-electron chi connectivity index (χ4n) is 1.48. The number of aliphatic carboxylic acids is 2. The predicted octanol–water partition coefficient (Wildman–Crippen LogP) is -1.52. The predicted molar refractivity (Wildman–Crippen MR) is 45.6 cm³/mol. The third kappa shape index (κ3) is 2.15. The van der Waals surface area contributed by atoms with Gasteiger partial charge in [-0.25, -0.2) is 9.59 Å². The Morgan fingerprint density at radius 1 is 1.13 bits per heavy atom. The second-order valence-electron chi connectivity index (χ2n) is 3.03. The average molecular weight is 218 g/mol. The minimum absolute atomic E-state index is 0.0456. The largest absolute Gasteiger partial charge is 0.480 e. The molecular formula is C7H10N2O6. The Morgan fingerprint density at radius 2 is 1.73 bits per heavy atom. The molecule has 0 radical (unpaired) electrons. The molecule has 0 bridgehead atoms. The lowest BCUT2D eigenvalue weighted by molar-refractivity contribution is -0.153. The first kappa shape index (κ1) is 11.2. The molecule has 0 aliphatic carbocycles. The summed E-state index contributed by atoms with van der Waals surface area (Å²) < 4.78 is 0. The molecule has 0 saturated carbocycles. The van der Waals surface area contributed by atoms with Gasteiger partial charge in [-0.05, 0) is 0 Å². The SMILES string of the molecule is O=C(O)C1NCCN(C(=O)O)C1C(=O)O. The molecule has 0 spiro atoms. The number of nitrogens with zero attached hydrogens (tertiary/aromatic N) is 1. The summed E-state index contributed by atoms with van der Waals surface area (Å²) in [4.78, 5) is 32.8. The zero-order chi connectivity index (χ0) is 11.6. The van der Waals surface area contributed by atoms with Crippen LogP contribution in [0.5, 0.6) is 0 Å². The van der Waals surface area contributed by atoms with E-state index in [0.29, 0.717) is 4.90 Å². The van der Waals surface area contributed by atoms with Gasteiger partial charge in [-0.15, -0.1) is 0 Å². The highest BCUT2D eigenvalue weighted by atomic mass is 16.4. The third-order valence-corrected chi connectivity index (χ3v) is 2.13. The first-order valence-corrected chi connectivity index (χ1v) is 4.13. The van der Waals surface area contributed by atoms with Crippen molar-refractivity contribution in [2.75, 3.05) is 13.1 Å². The van der Waals surface area contributed by atoms with Crippen LogP contribution in [0.3, 0.4) is 0 Å².